The lowest BCUT2D eigenvalue weighted by molar-refractivity contribution is 0.0680. The number of para-hydroxylation sites is 1. The molecule has 1 aliphatic heterocycles. The van der Waals surface area contributed by atoms with Gasteiger partial charge in [-0.3, -0.25) is 0 Å². The fraction of sp³-hybridized carbons (Fsp3) is 0.520. The van der Waals surface area contributed by atoms with E-state index in [1.807, 2.05) is 12.1 Å². The lowest BCUT2D eigenvalue weighted by Crippen LogP contribution is -2.26. The van der Waals surface area contributed by atoms with E-state index in [4.69, 9.17) is 14.2 Å². The molecule has 0 bridgehead atoms. The second-order valence-corrected chi connectivity index (χ2v) is 7.85. The Labute approximate surface area is 175 Å². The Hall–Kier alpha value is -2.20. The molecule has 0 saturated carbocycles. The Morgan fingerprint density at radius 2 is 1.97 bits per heavy atom. The van der Waals surface area contributed by atoms with Crippen LogP contribution in [0.25, 0.3) is 0 Å². The second-order valence-electron chi connectivity index (χ2n) is 7.85. The van der Waals surface area contributed by atoms with Gasteiger partial charge in [-0.2, -0.15) is 0 Å². The highest BCUT2D eigenvalue weighted by atomic mass is 16.5. The van der Waals surface area contributed by atoms with Gasteiger partial charge in [0.2, 0.25) is 0 Å². The molecule has 4 heteroatoms. The molecule has 2 aromatic carbocycles. The van der Waals surface area contributed by atoms with Gasteiger partial charge in [0.1, 0.15) is 24.2 Å². The Balaban J connectivity index is 1.55. The van der Waals surface area contributed by atoms with Gasteiger partial charge >= 0.3 is 0 Å². The van der Waals surface area contributed by atoms with Gasteiger partial charge < -0.3 is 19.5 Å². The number of nitrogens with one attached hydrogen (secondary N) is 1. The minimum Gasteiger partial charge on any atom is -0.491 e. The molecule has 1 heterocycles. The molecule has 1 aliphatic rings. The first-order chi connectivity index (χ1) is 14.2. The summed E-state index contributed by atoms with van der Waals surface area (Å²) < 4.78 is 17.9. The third-order valence-electron chi connectivity index (χ3n) is 5.64. The Bertz CT molecular complexity index is 742. The topological polar surface area (TPSA) is 39.7 Å². The summed E-state index contributed by atoms with van der Waals surface area (Å²) in [7, 11) is 0. The molecule has 0 amide bonds. The van der Waals surface area contributed by atoms with Crippen molar-refractivity contribution in [2.45, 2.75) is 64.6 Å². The highest BCUT2D eigenvalue weighted by Crippen LogP contribution is 2.29. The summed E-state index contributed by atoms with van der Waals surface area (Å²) in [6.45, 7) is 8.86. The monoisotopic (exact) mass is 397 g/mol. The van der Waals surface area contributed by atoms with Crippen LogP contribution in [0.15, 0.2) is 48.5 Å². The van der Waals surface area contributed by atoms with Crippen molar-refractivity contribution in [3.63, 3.8) is 0 Å². The van der Waals surface area contributed by atoms with Crippen LogP contribution in [0.2, 0.25) is 0 Å². The van der Waals surface area contributed by atoms with E-state index in [2.05, 4.69) is 62.5 Å². The number of benzene rings is 2. The van der Waals surface area contributed by atoms with Gasteiger partial charge in [-0.1, -0.05) is 45.0 Å². The van der Waals surface area contributed by atoms with Gasteiger partial charge in [0.05, 0.1) is 12.6 Å². The van der Waals surface area contributed by atoms with Crippen molar-refractivity contribution in [2.24, 2.45) is 0 Å². The van der Waals surface area contributed by atoms with Crippen LogP contribution in [0.1, 0.15) is 57.9 Å². The van der Waals surface area contributed by atoms with Gasteiger partial charge in [0.15, 0.2) is 0 Å². The predicted molar refractivity (Wildman–Crippen MR) is 119 cm³/mol. The molecular weight excluding hydrogens is 362 g/mol. The Morgan fingerprint density at radius 1 is 1.10 bits per heavy atom. The van der Waals surface area contributed by atoms with Gasteiger partial charge in [-0.25, -0.2) is 0 Å². The molecule has 3 atom stereocenters. The SMILES string of the molecule is CC[C@H](CNc1cccc(OC[C@@H]2CCCO2)c1)Oc1ccccc1[C@H](C)CC. The maximum absolute atomic E-state index is 6.37. The zero-order valence-corrected chi connectivity index (χ0v) is 18.0. The predicted octanol–water partition coefficient (Wildman–Crippen LogP) is 6.03. The third kappa shape index (κ3) is 6.40. The van der Waals surface area contributed by atoms with Crippen LogP contribution in [0, 0.1) is 0 Å². The van der Waals surface area contributed by atoms with Gasteiger partial charge in [-0.05, 0) is 55.4 Å². The maximum atomic E-state index is 6.37. The molecule has 0 spiro atoms. The van der Waals surface area contributed by atoms with Crippen molar-refractivity contribution in [3.8, 4) is 11.5 Å². The quantitative estimate of drug-likeness (QED) is 0.503. The first-order valence-corrected chi connectivity index (χ1v) is 11.0. The van der Waals surface area contributed by atoms with Crippen molar-refractivity contribution in [1.82, 2.24) is 0 Å². The van der Waals surface area contributed by atoms with Crippen LogP contribution >= 0.6 is 0 Å². The van der Waals surface area contributed by atoms with E-state index in [9.17, 15) is 0 Å². The third-order valence-corrected chi connectivity index (χ3v) is 5.64. The molecule has 4 nitrogen and oxygen atoms in total. The number of hydrogen-bond donors (Lipinski definition) is 1. The maximum Gasteiger partial charge on any atom is 0.123 e. The number of ether oxygens (including phenoxy) is 3. The Morgan fingerprint density at radius 3 is 2.72 bits per heavy atom. The standard InChI is InChI=1S/C25H35NO3/c1-4-19(3)24-13-6-7-14-25(24)29-21(5-2)17-26-20-10-8-11-22(16-20)28-18-23-12-9-15-27-23/h6-8,10-11,13-14,16,19,21,23,26H,4-5,9,12,15,17-18H2,1-3H3/t19-,21-,23+/m1/s1. The van der Waals surface area contributed by atoms with Crippen LogP contribution in [-0.2, 0) is 4.74 Å². The van der Waals surface area contributed by atoms with E-state index >= 15 is 0 Å². The molecule has 0 radical (unpaired) electrons. The fourth-order valence-corrected chi connectivity index (χ4v) is 3.56. The summed E-state index contributed by atoms with van der Waals surface area (Å²) in [5.41, 5.74) is 2.34. The van der Waals surface area contributed by atoms with Crippen LogP contribution in [-0.4, -0.2) is 32.0 Å². The first kappa shape index (κ1) is 21.5. The van der Waals surface area contributed by atoms with Crippen LogP contribution in [0.5, 0.6) is 11.5 Å². The number of rotatable bonds is 11. The summed E-state index contributed by atoms with van der Waals surface area (Å²) in [6.07, 6.45) is 4.61. The molecular formula is C25H35NO3. The molecule has 0 aromatic heterocycles. The summed E-state index contributed by atoms with van der Waals surface area (Å²) in [4.78, 5) is 0. The van der Waals surface area contributed by atoms with E-state index in [-0.39, 0.29) is 12.2 Å². The Kier molecular flexibility index (Phi) is 8.24. The molecule has 29 heavy (non-hydrogen) atoms. The summed E-state index contributed by atoms with van der Waals surface area (Å²) in [5.74, 6) is 2.38. The average molecular weight is 398 g/mol. The summed E-state index contributed by atoms with van der Waals surface area (Å²) in [6, 6.07) is 16.5. The molecule has 2 aromatic rings. The minimum atomic E-state index is 0.108. The molecule has 158 valence electrons. The largest absolute Gasteiger partial charge is 0.491 e. The van der Waals surface area contributed by atoms with Gasteiger partial charge in [0.25, 0.3) is 0 Å². The first-order valence-electron chi connectivity index (χ1n) is 11.0. The van der Waals surface area contributed by atoms with Gasteiger partial charge in [0, 0.05) is 18.4 Å². The minimum absolute atomic E-state index is 0.108. The fourth-order valence-electron chi connectivity index (χ4n) is 3.56. The molecule has 1 saturated heterocycles. The van der Waals surface area contributed by atoms with Crippen molar-refractivity contribution in [1.29, 1.82) is 0 Å². The highest BCUT2D eigenvalue weighted by molar-refractivity contribution is 5.48. The lowest BCUT2D eigenvalue weighted by atomic mass is 9.98. The molecule has 0 aliphatic carbocycles. The lowest BCUT2D eigenvalue weighted by Gasteiger charge is -2.22. The van der Waals surface area contributed by atoms with Crippen molar-refractivity contribution in [3.05, 3.63) is 54.1 Å². The van der Waals surface area contributed by atoms with E-state index in [0.717, 1.165) is 56.0 Å². The summed E-state index contributed by atoms with van der Waals surface area (Å²) >= 11 is 0. The normalized spacial score (nSPS) is 18.2. The van der Waals surface area contributed by atoms with Crippen LogP contribution in [0.4, 0.5) is 5.69 Å². The van der Waals surface area contributed by atoms with E-state index in [0.29, 0.717) is 12.5 Å². The molecule has 1 N–H and O–H groups in total. The second kappa shape index (κ2) is 11.1. The zero-order valence-electron chi connectivity index (χ0n) is 18.0. The highest BCUT2D eigenvalue weighted by Gasteiger charge is 2.16. The average Bonchev–Trinajstić information content (AvgIpc) is 3.29. The molecule has 0 unspecified atom stereocenters. The molecule has 3 rings (SSSR count). The zero-order chi connectivity index (χ0) is 20.5. The van der Waals surface area contributed by atoms with Crippen molar-refractivity contribution in [2.75, 3.05) is 25.1 Å². The van der Waals surface area contributed by atoms with Crippen LogP contribution < -0.4 is 14.8 Å². The summed E-state index contributed by atoms with van der Waals surface area (Å²) in [5, 5.41) is 3.51. The number of anilines is 1. The van der Waals surface area contributed by atoms with E-state index in [1.54, 1.807) is 0 Å². The smallest absolute Gasteiger partial charge is 0.123 e. The van der Waals surface area contributed by atoms with Gasteiger partial charge in [-0.15, -0.1) is 0 Å². The number of hydrogen-bond acceptors (Lipinski definition) is 4. The van der Waals surface area contributed by atoms with E-state index in [1.165, 1.54) is 5.56 Å². The van der Waals surface area contributed by atoms with Crippen molar-refractivity contribution < 1.29 is 14.2 Å². The van der Waals surface area contributed by atoms with Crippen LogP contribution in [0.3, 0.4) is 0 Å². The molecule has 1 fully saturated rings. The van der Waals surface area contributed by atoms with Crippen molar-refractivity contribution >= 4 is 5.69 Å². The van der Waals surface area contributed by atoms with E-state index < -0.39 is 0 Å².